The largest absolute Gasteiger partial charge is 0.496 e. The second-order valence-corrected chi connectivity index (χ2v) is 5.22. The Hall–Kier alpha value is -2.34. The molecular weight excluding hydrogens is 290 g/mol. The highest BCUT2D eigenvalue weighted by molar-refractivity contribution is 7.98. The van der Waals surface area contributed by atoms with Crippen LogP contribution in [0.4, 0.5) is 5.69 Å². The van der Waals surface area contributed by atoms with Gasteiger partial charge in [0.15, 0.2) is 0 Å². The fourth-order valence-electron chi connectivity index (χ4n) is 1.87. The Morgan fingerprint density at radius 3 is 2.71 bits per heavy atom. The molecule has 0 radical (unpaired) electrons. The number of methoxy groups -OCH3 is 1. The van der Waals surface area contributed by atoms with E-state index in [-0.39, 0.29) is 5.69 Å². The average Bonchev–Trinajstić information content (AvgIpc) is 2.52. The van der Waals surface area contributed by atoms with Crippen LogP contribution in [0.3, 0.4) is 0 Å². The summed E-state index contributed by atoms with van der Waals surface area (Å²) in [4.78, 5) is 22.0. The first-order chi connectivity index (χ1) is 10.2. The molecule has 0 aromatic heterocycles. The lowest BCUT2D eigenvalue weighted by Crippen LogP contribution is -1.94. The zero-order chi connectivity index (χ0) is 15.2. The van der Waals surface area contributed by atoms with Crippen molar-refractivity contribution in [2.24, 2.45) is 0 Å². The van der Waals surface area contributed by atoms with Crippen molar-refractivity contribution in [1.29, 1.82) is 0 Å². The van der Waals surface area contributed by atoms with Gasteiger partial charge in [0.05, 0.1) is 16.9 Å². The number of thioether (sulfide) groups is 1. The van der Waals surface area contributed by atoms with Gasteiger partial charge in [0, 0.05) is 22.9 Å². The fourth-order valence-corrected chi connectivity index (χ4v) is 2.87. The molecule has 0 N–H and O–H groups in total. The van der Waals surface area contributed by atoms with Crippen LogP contribution in [-0.4, -0.2) is 18.3 Å². The first kappa shape index (κ1) is 15.1. The number of aldehydes is 1. The van der Waals surface area contributed by atoms with Gasteiger partial charge in [-0.05, 0) is 24.3 Å². The van der Waals surface area contributed by atoms with Gasteiger partial charge in [-0.1, -0.05) is 12.1 Å². The van der Waals surface area contributed by atoms with Crippen molar-refractivity contribution in [3.8, 4) is 5.75 Å². The summed E-state index contributed by atoms with van der Waals surface area (Å²) >= 11 is 1.34. The molecule has 5 nitrogen and oxygen atoms in total. The molecule has 0 heterocycles. The van der Waals surface area contributed by atoms with Crippen molar-refractivity contribution in [3.63, 3.8) is 0 Å². The summed E-state index contributed by atoms with van der Waals surface area (Å²) in [6.45, 7) is 0. The van der Waals surface area contributed by atoms with Gasteiger partial charge < -0.3 is 4.74 Å². The van der Waals surface area contributed by atoms with E-state index in [1.54, 1.807) is 43.5 Å². The third kappa shape index (κ3) is 3.61. The minimum atomic E-state index is -0.401. The number of nitro groups is 1. The molecule has 0 saturated carbocycles. The number of para-hydroxylation sites is 1. The van der Waals surface area contributed by atoms with E-state index in [9.17, 15) is 14.9 Å². The molecule has 0 atom stereocenters. The van der Waals surface area contributed by atoms with Crippen LogP contribution in [0, 0.1) is 10.1 Å². The predicted molar refractivity (Wildman–Crippen MR) is 81.0 cm³/mol. The third-order valence-corrected chi connectivity index (χ3v) is 4.00. The molecule has 0 aliphatic rings. The van der Waals surface area contributed by atoms with E-state index in [4.69, 9.17) is 4.74 Å². The Labute approximate surface area is 126 Å². The summed E-state index contributed by atoms with van der Waals surface area (Å²) in [5.41, 5.74) is 1.45. The van der Waals surface area contributed by atoms with Crippen LogP contribution >= 0.6 is 11.8 Å². The predicted octanol–water partition coefficient (Wildman–Crippen LogP) is 3.71. The molecule has 0 fully saturated rings. The Kier molecular flexibility index (Phi) is 4.94. The number of carbonyl (C=O) groups is 1. The number of nitro benzene ring substituents is 1. The topological polar surface area (TPSA) is 69.4 Å². The Bertz CT molecular complexity index is 672. The quantitative estimate of drug-likeness (QED) is 0.352. The van der Waals surface area contributed by atoms with Gasteiger partial charge in [0.25, 0.3) is 5.69 Å². The number of hydrogen-bond acceptors (Lipinski definition) is 5. The summed E-state index contributed by atoms with van der Waals surface area (Å²) < 4.78 is 5.25. The fraction of sp³-hybridized carbons (Fsp3) is 0.133. The van der Waals surface area contributed by atoms with Crippen molar-refractivity contribution in [1.82, 2.24) is 0 Å². The molecule has 0 amide bonds. The maximum absolute atomic E-state index is 11.0. The third-order valence-electron chi connectivity index (χ3n) is 2.89. The van der Waals surface area contributed by atoms with Crippen LogP contribution in [-0.2, 0) is 5.75 Å². The van der Waals surface area contributed by atoms with Gasteiger partial charge in [0.2, 0.25) is 0 Å². The van der Waals surface area contributed by atoms with Gasteiger partial charge in [-0.15, -0.1) is 11.8 Å². The summed E-state index contributed by atoms with van der Waals surface area (Å²) in [7, 11) is 1.55. The minimum Gasteiger partial charge on any atom is -0.496 e. The van der Waals surface area contributed by atoms with E-state index in [2.05, 4.69) is 0 Å². The molecule has 108 valence electrons. The molecule has 2 rings (SSSR count). The normalized spacial score (nSPS) is 10.1. The number of nitrogens with zero attached hydrogens (tertiary/aromatic N) is 1. The average molecular weight is 303 g/mol. The molecule has 6 heteroatoms. The first-order valence-corrected chi connectivity index (χ1v) is 7.12. The van der Waals surface area contributed by atoms with E-state index < -0.39 is 4.92 Å². The molecule has 0 unspecified atom stereocenters. The van der Waals surface area contributed by atoms with Crippen molar-refractivity contribution < 1.29 is 14.5 Å². The molecule has 0 spiro atoms. The zero-order valence-corrected chi connectivity index (χ0v) is 12.1. The number of carbonyl (C=O) groups excluding carboxylic acids is 1. The Balaban J connectivity index is 2.24. The Morgan fingerprint density at radius 1 is 1.29 bits per heavy atom. The second kappa shape index (κ2) is 6.90. The number of hydrogen-bond donors (Lipinski definition) is 0. The first-order valence-electron chi connectivity index (χ1n) is 6.14. The van der Waals surface area contributed by atoms with Crippen LogP contribution in [0.2, 0.25) is 0 Å². The molecular formula is C15H13NO4S. The molecule has 2 aromatic carbocycles. The molecule has 0 bridgehead atoms. The highest BCUT2D eigenvalue weighted by atomic mass is 32.2. The minimum absolute atomic E-state index is 0.0769. The molecule has 2 aromatic rings. The highest BCUT2D eigenvalue weighted by Crippen LogP contribution is 2.33. The van der Waals surface area contributed by atoms with Gasteiger partial charge >= 0.3 is 0 Å². The maximum Gasteiger partial charge on any atom is 0.282 e. The molecule has 0 saturated heterocycles. The summed E-state index contributed by atoms with van der Waals surface area (Å²) in [6, 6.07) is 11.7. The standard InChI is InChI=1S/C15H13NO4S/c1-20-14-7-6-11(9-17)8-12(14)10-21-15-5-3-2-4-13(15)16(18)19/h2-9H,10H2,1H3. The van der Waals surface area contributed by atoms with E-state index in [0.717, 1.165) is 11.8 Å². The second-order valence-electron chi connectivity index (χ2n) is 4.20. The van der Waals surface area contributed by atoms with E-state index in [1.807, 2.05) is 0 Å². The summed E-state index contributed by atoms with van der Waals surface area (Å²) in [5, 5.41) is 11.0. The smallest absolute Gasteiger partial charge is 0.282 e. The van der Waals surface area contributed by atoms with Crippen molar-refractivity contribution in [3.05, 3.63) is 63.7 Å². The van der Waals surface area contributed by atoms with E-state index in [0.29, 0.717) is 22.0 Å². The van der Waals surface area contributed by atoms with E-state index >= 15 is 0 Å². The summed E-state index contributed by atoms with van der Waals surface area (Å²) in [5.74, 6) is 1.14. The van der Waals surface area contributed by atoms with Gasteiger partial charge in [-0.2, -0.15) is 0 Å². The molecule has 0 aliphatic carbocycles. The lowest BCUT2D eigenvalue weighted by Gasteiger charge is -2.09. The highest BCUT2D eigenvalue weighted by Gasteiger charge is 2.14. The van der Waals surface area contributed by atoms with Crippen molar-refractivity contribution in [2.45, 2.75) is 10.6 Å². The Morgan fingerprint density at radius 2 is 2.05 bits per heavy atom. The lowest BCUT2D eigenvalue weighted by atomic mass is 10.1. The van der Waals surface area contributed by atoms with Crippen LogP contribution in [0.1, 0.15) is 15.9 Å². The van der Waals surface area contributed by atoms with Gasteiger partial charge in [-0.3, -0.25) is 14.9 Å². The summed E-state index contributed by atoms with van der Waals surface area (Å²) in [6.07, 6.45) is 0.762. The van der Waals surface area contributed by atoms with Crippen LogP contribution in [0.25, 0.3) is 0 Å². The molecule has 21 heavy (non-hydrogen) atoms. The van der Waals surface area contributed by atoms with E-state index in [1.165, 1.54) is 17.8 Å². The monoisotopic (exact) mass is 303 g/mol. The number of benzene rings is 2. The van der Waals surface area contributed by atoms with Gasteiger partial charge in [-0.25, -0.2) is 0 Å². The SMILES string of the molecule is COc1ccc(C=O)cc1CSc1ccccc1[N+](=O)[O-]. The van der Waals surface area contributed by atoms with Crippen molar-refractivity contribution in [2.75, 3.05) is 7.11 Å². The number of rotatable bonds is 6. The van der Waals surface area contributed by atoms with Crippen LogP contribution in [0.15, 0.2) is 47.4 Å². The lowest BCUT2D eigenvalue weighted by molar-refractivity contribution is -0.387. The molecule has 0 aliphatic heterocycles. The van der Waals surface area contributed by atoms with Crippen LogP contribution in [0.5, 0.6) is 5.75 Å². The zero-order valence-electron chi connectivity index (χ0n) is 11.3. The maximum atomic E-state index is 11.0. The van der Waals surface area contributed by atoms with Gasteiger partial charge in [0.1, 0.15) is 12.0 Å². The number of ether oxygens (including phenoxy) is 1. The van der Waals surface area contributed by atoms with Crippen LogP contribution < -0.4 is 4.74 Å². The van der Waals surface area contributed by atoms with Crippen molar-refractivity contribution >= 4 is 23.7 Å².